The van der Waals surface area contributed by atoms with Gasteiger partial charge in [0.15, 0.2) is 0 Å². The highest BCUT2D eigenvalue weighted by molar-refractivity contribution is 6.41. The van der Waals surface area contributed by atoms with Crippen molar-refractivity contribution >= 4 is 40.5 Å². The lowest BCUT2D eigenvalue weighted by Gasteiger charge is -2.06. The summed E-state index contributed by atoms with van der Waals surface area (Å²) >= 11 is 11.9. The minimum atomic E-state index is -0.796. The number of carbonyl (C=O) groups excluding carboxylic acids is 1. The number of aromatic nitrogens is 2. The van der Waals surface area contributed by atoms with E-state index in [1.807, 2.05) is 0 Å². The van der Waals surface area contributed by atoms with Crippen molar-refractivity contribution in [1.29, 1.82) is 0 Å². The van der Waals surface area contributed by atoms with Gasteiger partial charge in [-0.15, -0.1) is 0 Å². The van der Waals surface area contributed by atoms with Crippen molar-refractivity contribution < 1.29 is 14.6 Å². The first-order chi connectivity index (χ1) is 12.2. The number of benzene rings is 1. The molecule has 0 bridgehead atoms. The summed E-state index contributed by atoms with van der Waals surface area (Å²) in [6.07, 6.45) is 0.458. The van der Waals surface area contributed by atoms with Gasteiger partial charge in [-0.2, -0.15) is 5.10 Å². The third-order valence-corrected chi connectivity index (χ3v) is 4.35. The number of rotatable bonds is 7. The number of nitrogens with zero attached hydrogens (tertiary/aromatic N) is 4. The average Bonchev–Trinajstić information content (AvgIpc) is 2.84. The number of non-ortho nitro benzene ring substituents is 2. The number of nitro benzene ring substituents is 2. The van der Waals surface area contributed by atoms with E-state index in [4.69, 9.17) is 23.2 Å². The van der Waals surface area contributed by atoms with Crippen LogP contribution in [0.4, 0.5) is 11.4 Å². The maximum absolute atomic E-state index is 12.1. The minimum absolute atomic E-state index is 0.165. The van der Waals surface area contributed by atoms with Crippen LogP contribution < -0.4 is 5.32 Å². The molecule has 1 amide bonds. The van der Waals surface area contributed by atoms with Crippen LogP contribution in [0, 0.1) is 27.2 Å². The second kappa shape index (κ2) is 8.11. The van der Waals surface area contributed by atoms with Gasteiger partial charge in [-0.25, -0.2) is 0 Å². The smallest absolute Gasteiger partial charge is 0.277 e. The first-order valence-corrected chi connectivity index (χ1v) is 8.06. The van der Waals surface area contributed by atoms with E-state index in [1.165, 1.54) is 4.68 Å². The maximum Gasteiger partial charge on any atom is 0.277 e. The SMILES string of the molecule is Cc1nn(CCCNC(=O)c2cc([N+](=O)[O-])cc([N+](=O)[O-])c2)c(Cl)c1Cl. The molecule has 0 aliphatic rings. The molecule has 1 N–H and O–H groups in total. The van der Waals surface area contributed by atoms with Gasteiger partial charge in [-0.1, -0.05) is 23.2 Å². The molecule has 2 rings (SSSR count). The summed E-state index contributed by atoms with van der Waals surface area (Å²) in [6.45, 7) is 2.31. The zero-order valence-corrected chi connectivity index (χ0v) is 15.0. The summed E-state index contributed by atoms with van der Waals surface area (Å²) in [5, 5.41) is 29.0. The fourth-order valence-corrected chi connectivity index (χ4v) is 2.54. The first-order valence-electron chi connectivity index (χ1n) is 7.31. The molecule has 0 radical (unpaired) electrons. The largest absolute Gasteiger partial charge is 0.352 e. The van der Waals surface area contributed by atoms with Gasteiger partial charge in [0.05, 0.1) is 27.2 Å². The van der Waals surface area contributed by atoms with Gasteiger partial charge in [0.2, 0.25) is 0 Å². The van der Waals surface area contributed by atoms with Crippen LogP contribution in [0.1, 0.15) is 22.5 Å². The average molecular weight is 402 g/mol. The van der Waals surface area contributed by atoms with Gasteiger partial charge in [-0.05, 0) is 13.3 Å². The van der Waals surface area contributed by atoms with E-state index in [0.29, 0.717) is 28.8 Å². The predicted molar refractivity (Wildman–Crippen MR) is 93.7 cm³/mol. The minimum Gasteiger partial charge on any atom is -0.352 e. The Bertz CT molecular complexity index is 851. The lowest BCUT2D eigenvalue weighted by molar-refractivity contribution is -0.394. The highest BCUT2D eigenvalue weighted by atomic mass is 35.5. The normalized spacial score (nSPS) is 10.6. The number of carbonyl (C=O) groups is 1. The van der Waals surface area contributed by atoms with Crippen LogP contribution in [0.25, 0.3) is 0 Å². The number of nitro groups is 2. The predicted octanol–water partition coefficient (Wildman–Crippen LogP) is 3.13. The van der Waals surface area contributed by atoms with Crippen molar-refractivity contribution in [2.24, 2.45) is 0 Å². The van der Waals surface area contributed by atoms with E-state index in [1.54, 1.807) is 6.92 Å². The van der Waals surface area contributed by atoms with Gasteiger partial charge < -0.3 is 5.32 Å². The number of hydrogen-bond acceptors (Lipinski definition) is 6. The topological polar surface area (TPSA) is 133 Å². The van der Waals surface area contributed by atoms with Crippen LogP contribution in [-0.4, -0.2) is 32.1 Å². The van der Waals surface area contributed by atoms with Crippen molar-refractivity contribution in [2.75, 3.05) is 6.54 Å². The van der Waals surface area contributed by atoms with Crippen LogP contribution in [-0.2, 0) is 6.54 Å². The second-order valence-electron chi connectivity index (χ2n) is 5.28. The van der Waals surface area contributed by atoms with E-state index in [2.05, 4.69) is 10.4 Å². The first kappa shape index (κ1) is 19.6. The Morgan fingerprint density at radius 3 is 2.23 bits per heavy atom. The Balaban J connectivity index is 2.00. The van der Waals surface area contributed by atoms with Crippen LogP contribution >= 0.6 is 23.2 Å². The van der Waals surface area contributed by atoms with Crippen LogP contribution in [0.2, 0.25) is 10.2 Å². The van der Waals surface area contributed by atoms with E-state index < -0.39 is 27.1 Å². The van der Waals surface area contributed by atoms with Gasteiger partial charge in [0.25, 0.3) is 17.3 Å². The van der Waals surface area contributed by atoms with E-state index in [0.717, 1.165) is 18.2 Å². The summed E-state index contributed by atoms with van der Waals surface area (Å²) in [5.41, 5.74) is -0.637. The fraction of sp³-hybridized carbons (Fsp3) is 0.286. The molecule has 2 aromatic rings. The highest BCUT2D eigenvalue weighted by Gasteiger charge is 2.19. The zero-order chi connectivity index (χ0) is 19.4. The Labute approximate surface area is 157 Å². The van der Waals surface area contributed by atoms with Crippen molar-refractivity contribution in [2.45, 2.75) is 19.9 Å². The van der Waals surface area contributed by atoms with E-state index in [9.17, 15) is 25.0 Å². The molecule has 0 aliphatic carbocycles. The Morgan fingerprint density at radius 1 is 1.19 bits per heavy atom. The molecule has 0 saturated carbocycles. The molecule has 1 aromatic carbocycles. The summed E-state index contributed by atoms with van der Waals surface area (Å²) in [5.74, 6) is -0.655. The quantitative estimate of drug-likeness (QED) is 0.430. The number of nitrogens with one attached hydrogen (secondary N) is 1. The Morgan fingerprint density at radius 2 is 1.77 bits per heavy atom. The summed E-state index contributed by atoms with van der Waals surface area (Å²) in [4.78, 5) is 32.2. The number of aryl methyl sites for hydroxylation is 2. The van der Waals surface area contributed by atoms with E-state index in [-0.39, 0.29) is 12.1 Å². The lowest BCUT2D eigenvalue weighted by atomic mass is 10.1. The van der Waals surface area contributed by atoms with Crippen molar-refractivity contribution in [1.82, 2.24) is 15.1 Å². The zero-order valence-electron chi connectivity index (χ0n) is 13.4. The number of amides is 1. The molecule has 12 heteroatoms. The lowest BCUT2D eigenvalue weighted by Crippen LogP contribution is -2.25. The fourth-order valence-electron chi connectivity index (χ4n) is 2.15. The van der Waals surface area contributed by atoms with Gasteiger partial charge >= 0.3 is 0 Å². The highest BCUT2D eigenvalue weighted by Crippen LogP contribution is 2.25. The summed E-state index contributed by atoms with van der Waals surface area (Å²) in [7, 11) is 0. The molecule has 10 nitrogen and oxygen atoms in total. The molecule has 0 aliphatic heterocycles. The molecule has 0 saturated heterocycles. The molecule has 1 aromatic heterocycles. The third-order valence-electron chi connectivity index (χ3n) is 3.41. The monoisotopic (exact) mass is 401 g/mol. The molecule has 26 heavy (non-hydrogen) atoms. The van der Waals surface area contributed by atoms with Gasteiger partial charge in [0, 0.05) is 25.2 Å². The molecule has 0 spiro atoms. The van der Waals surface area contributed by atoms with Crippen LogP contribution in [0.3, 0.4) is 0 Å². The van der Waals surface area contributed by atoms with E-state index >= 15 is 0 Å². The van der Waals surface area contributed by atoms with Crippen molar-refractivity contribution in [3.05, 3.63) is 59.9 Å². The molecular formula is C14H13Cl2N5O5. The van der Waals surface area contributed by atoms with Crippen LogP contribution in [0.15, 0.2) is 18.2 Å². The standard InChI is InChI=1S/C14H13Cl2N5O5/c1-8-12(15)13(16)19(18-8)4-2-3-17-14(22)9-5-10(20(23)24)7-11(6-9)21(25)26/h5-7H,2-4H2,1H3,(H,17,22). The summed E-state index contributed by atoms with van der Waals surface area (Å²) < 4.78 is 1.49. The Hall–Kier alpha value is -2.72. The van der Waals surface area contributed by atoms with Crippen molar-refractivity contribution in [3.8, 4) is 0 Å². The van der Waals surface area contributed by atoms with Crippen molar-refractivity contribution in [3.63, 3.8) is 0 Å². The molecular weight excluding hydrogens is 389 g/mol. The second-order valence-corrected chi connectivity index (χ2v) is 6.01. The van der Waals surface area contributed by atoms with Gasteiger partial charge in [0.1, 0.15) is 10.2 Å². The van der Waals surface area contributed by atoms with Crippen LogP contribution in [0.5, 0.6) is 0 Å². The molecule has 0 unspecified atom stereocenters. The maximum atomic E-state index is 12.1. The third kappa shape index (κ3) is 4.46. The Kier molecular flexibility index (Phi) is 6.11. The number of hydrogen-bond donors (Lipinski definition) is 1. The summed E-state index contributed by atoms with van der Waals surface area (Å²) in [6, 6.07) is 2.76. The molecule has 1 heterocycles. The molecule has 0 fully saturated rings. The molecule has 138 valence electrons. The number of halogens is 2. The van der Waals surface area contributed by atoms with Gasteiger partial charge in [-0.3, -0.25) is 29.7 Å². The molecule has 0 atom stereocenters.